The van der Waals surface area contributed by atoms with Crippen molar-refractivity contribution in [2.75, 3.05) is 32.8 Å². The van der Waals surface area contributed by atoms with Crippen LogP contribution in [0.15, 0.2) is 60.7 Å². The van der Waals surface area contributed by atoms with Crippen LogP contribution >= 0.6 is 0 Å². The van der Waals surface area contributed by atoms with E-state index >= 15 is 0 Å². The molecule has 0 unspecified atom stereocenters. The third-order valence-corrected chi connectivity index (χ3v) is 8.09. The average Bonchev–Trinajstić information content (AvgIpc) is 3.47. The molecule has 0 radical (unpaired) electrons. The number of aromatic amines is 1. The second-order valence-electron chi connectivity index (χ2n) is 10.2. The number of hydrogen-bond acceptors (Lipinski definition) is 6. The van der Waals surface area contributed by atoms with Crippen LogP contribution in [0.5, 0.6) is 17.2 Å². The number of fused-ring (bicyclic) bond motifs is 5. The van der Waals surface area contributed by atoms with Gasteiger partial charge in [0.15, 0.2) is 5.54 Å². The molecule has 1 atom stereocenters. The number of rotatable bonds is 7. The van der Waals surface area contributed by atoms with Crippen LogP contribution in [0.4, 0.5) is 10.5 Å². The molecule has 3 aromatic carbocycles. The number of benzene rings is 3. The van der Waals surface area contributed by atoms with Crippen LogP contribution in [0, 0.1) is 0 Å². The highest BCUT2D eigenvalue weighted by Crippen LogP contribution is 2.46. The molecule has 210 valence electrons. The number of H-pyrrole nitrogens is 1. The van der Waals surface area contributed by atoms with Crippen molar-refractivity contribution in [1.82, 2.24) is 15.2 Å². The second-order valence-corrected chi connectivity index (χ2v) is 10.2. The number of methoxy groups -OCH3 is 3. The molecule has 10 nitrogen and oxygen atoms in total. The Balaban J connectivity index is 1.33. The minimum atomic E-state index is -1.25. The fourth-order valence-electron chi connectivity index (χ4n) is 5.89. The minimum absolute atomic E-state index is 0.175. The van der Waals surface area contributed by atoms with Gasteiger partial charge in [0.05, 0.1) is 38.3 Å². The molecule has 41 heavy (non-hydrogen) atoms. The van der Waals surface area contributed by atoms with E-state index in [4.69, 9.17) is 14.2 Å². The molecule has 2 aliphatic heterocycles. The third kappa shape index (κ3) is 3.97. The van der Waals surface area contributed by atoms with E-state index in [1.165, 1.54) is 0 Å². The molecule has 1 aromatic heterocycles. The monoisotopic (exact) mass is 554 g/mol. The Morgan fingerprint density at radius 2 is 1.71 bits per heavy atom. The predicted molar refractivity (Wildman–Crippen MR) is 153 cm³/mol. The van der Waals surface area contributed by atoms with Gasteiger partial charge in [0, 0.05) is 35.6 Å². The Morgan fingerprint density at radius 3 is 2.46 bits per heavy atom. The molecular weight excluding hydrogens is 524 g/mol. The van der Waals surface area contributed by atoms with Crippen molar-refractivity contribution in [3.63, 3.8) is 0 Å². The second kappa shape index (κ2) is 9.88. The number of urea groups is 1. The van der Waals surface area contributed by atoms with E-state index in [1.54, 1.807) is 69.6 Å². The smallest absolute Gasteiger partial charge is 0.332 e. The zero-order valence-corrected chi connectivity index (χ0v) is 23.2. The van der Waals surface area contributed by atoms with Gasteiger partial charge in [-0.05, 0) is 61.4 Å². The van der Waals surface area contributed by atoms with E-state index in [2.05, 4.69) is 10.3 Å². The molecule has 4 amide bonds. The summed E-state index contributed by atoms with van der Waals surface area (Å²) in [6.07, 6.45) is 0.580. The number of imide groups is 1. The number of ether oxygens (including phenoxy) is 3. The molecule has 0 spiro atoms. The van der Waals surface area contributed by atoms with E-state index in [1.807, 2.05) is 24.3 Å². The van der Waals surface area contributed by atoms with Gasteiger partial charge in [0.25, 0.3) is 11.8 Å². The fourth-order valence-corrected chi connectivity index (χ4v) is 5.89. The topological polar surface area (TPSA) is 113 Å². The lowest BCUT2D eigenvalue weighted by Gasteiger charge is -2.35. The van der Waals surface area contributed by atoms with E-state index in [9.17, 15) is 14.4 Å². The summed E-state index contributed by atoms with van der Waals surface area (Å²) >= 11 is 0. The Hall–Kier alpha value is -4.99. The standard InChI is InChI=1S/C31H30N4O6/c1-31-27-21(23-15-19(39-2)11-12-24(23)33-27)13-14-34(31)30(38)35(29(31)37)25-8-6-5-7-22(25)28(36)32-17-18-9-10-20(40-3)16-26(18)41-4/h5-12,15-16,33H,13-14,17H2,1-4H3,(H,32,36)/t31-/m0/s1. The van der Waals surface area contributed by atoms with Gasteiger partial charge in [-0.15, -0.1) is 0 Å². The lowest BCUT2D eigenvalue weighted by atomic mass is 9.87. The summed E-state index contributed by atoms with van der Waals surface area (Å²) in [5, 5.41) is 3.86. The Labute approximate surface area is 236 Å². The van der Waals surface area contributed by atoms with Crippen LogP contribution < -0.4 is 24.4 Å². The molecule has 0 saturated carbocycles. The molecule has 0 bridgehead atoms. The SMILES string of the molecule is COc1ccc(CNC(=O)c2ccccc2N2C(=O)N3CCc4c([nH]c5ccc(OC)cc45)[C@@]3(C)C2=O)c(OC)c1. The van der Waals surface area contributed by atoms with Crippen LogP contribution in [-0.4, -0.2) is 55.6 Å². The quantitative estimate of drug-likeness (QED) is 0.328. The number of nitrogens with zero attached hydrogens (tertiary/aromatic N) is 2. The largest absolute Gasteiger partial charge is 0.497 e. The molecule has 10 heteroatoms. The summed E-state index contributed by atoms with van der Waals surface area (Å²) in [5.74, 6) is 1.08. The summed E-state index contributed by atoms with van der Waals surface area (Å²) in [6.45, 7) is 2.30. The minimum Gasteiger partial charge on any atom is -0.497 e. The lowest BCUT2D eigenvalue weighted by Crippen LogP contribution is -2.49. The van der Waals surface area contributed by atoms with Gasteiger partial charge in [0.1, 0.15) is 17.2 Å². The number of carbonyl (C=O) groups is 3. The molecule has 1 fully saturated rings. The van der Waals surface area contributed by atoms with Crippen molar-refractivity contribution in [3.8, 4) is 17.2 Å². The summed E-state index contributed by atoms with van der Waals surface area (Å²) < 4.78 is 16.1. The van der Waals surface area contributed by atoms with Gasteiger partial charge in [-0.1, -0.05) is 12.1 Å². The van der Waals surface area contributed by atoms with Gasteiger partial charge < -0.3 is 29.4 Å². The maximum absolute atomic E-state index is 14.2. The van der Waals surface area contributed by atoms with E-state index in [0.717, 1.165) is 32.7 Å². The zero-order chi connectivity index (χ0) is 28.9. The summed E-state index contributed by atoms with van der Waals surface area (Å²) in [7, 11) is 4.73. The van der Waals surface area contributed by atoms with Crippen LogP contribution in [0.1, 0.15) is 34.1 Å². The van der Waals surface area contributed by atoms with Crippen molar-refractivity contribution in [2.24, 2.45) is 0 Å². The first kappa shape index (κ1) is 26.2. The highest BCUT2D eigenvalue weighted by Gasteiger charge is 2.59. The number of hydrogen-bond donors (Lipinski definition) is 2. The molecule has 3 heterocycles. The maximum atomic E-state index is 14.2. The normalized spacial score (nSPS) is 17.9. The Kier molecular flexibility index (Phi) is 6.33. The molecule has 1 saturated heterocycles. The van der Waals surface area contributed by atoms with E-state index in [-0.39, 0.29) is 17.8 Å². The summed E-state index contributed by atoms with van der Waals surface area (Å²) in [5.41, 5.74) is 2.48. The first-order valence-electron chi connectivity index (χ1n) is 13.2. The number of amides is 4. The third-order valence-electron chi connectivity index (χ3n) is 8.09. The van der Waals surface area contributed by atoms with Crippen molar-refractivity contribution in [3.05, 3.63) is 83.0 Å². The van der Waals surface area contributed by atoms with Crippen molar-refractivity contribution in [1.29, 1.82) is 0 Å². The lowest BCUT2D eigenvalue weighted by molar-refractivity contribution is -0.125. The van der Waals surface area contributed by atoms with Gasteiger partial charge in [0.2, 0.25) is 0 Å². The fraction of sp³-hybridized carbons (Fsp3) is 0.258. The van der Waals surface area contributed by atoms with Gasteiger partial charge >= 0.3 is 6.03 Å². The Morgan fingerprint density at radius 1 is 0.976 bits per heavy atom. The van der Waals surface area contributed by atoms with Crippen molar-refractivity contribution < 1.29 is 28.6 Å². The maximum Gasteiger partial charge on any atom is 0.332 e. The molecule has 2 aliphatic rings. The first-order valence-corrected chi connectivity index (χ1v) is 13.2. The molecular formula is C31H30N4O6. The zero-order valence-electron chi connectivity index (χ0n) is 23.2. The number of carbonyl (C=O) groups excluding carboxylic acids is 3. The van der Waals surface area contributed by atoms with Crippen molar-refractivity contribution in [2.45, 2.75) is 25.4 Å². The van der Waals surface area contributed by atoms with Crippen LogP contribution in [0.2, 0.25) is 0 Å². The predicted octanol–water partition coefficient (Wildman–Crippen LogP) is 4.36. The molecule has 6 rings (SSSR count). The van der Waals surface area contributed by atoms with Gasteiger partial charge in [-0.3, -0.25) is 9.59 Å². The Bertz CT molecular complexity index is 1710. The van der Waals surface area contributed by atoms with Crippen molar-refractivity contribution >= 4 is 34.4 Å². The first-order chi connectivity index (χ1) is 19.8. The van der Waals surface area contributed by atoms with Crippen LogP contribution in [0.3, 0.4) is 0 Å². The highest BCUT2D eigenvalue weighted by atomic mass is 16.5. The number of anilines is 1. The average molecular weight is 555 g/mol. The van der Waals surface area contributed by atoms with E-state index < -0.39 is 23.4 Å². The van der Waals surface area contributed by atoms with Gasteiger partial charge in [-0.2, -0.15) is 0 Å². The summed E-state index contributed by atoms with van der Waals surface area (Å²) in [4.78, 5) is 47.6. The molecule has 2 N–H and O–H groups in total. The van der Waals surface area contributed by atoms with E-state index in [0.29, 0.717) is 30.2 Å². The number of para-hydroxylation sites is 1. The summed E-state index contributed by atoms with van der Waals surface area (Å²) in [6, 6.07) is 17.2. The highest BCUT2D eigenvalue weighted by molar-refractivity contribution is 6.25. The van der Waals surface area contributed by atoms with Gasteiger partial charge in [-0.25, -0.2) is 9.69 Å². The number of nitrogens with one attached hydrogen (secondary N) is 2. The number of aromatic nitrogens is 1. The molecule has 0 aliphatic carbocycles. The van der Waals surface area contributed by atoms with Crippen LogP contribution in [-0.2, 0) is 23.3 Å². The molecule has 4 aromatic rings. The van der Waals surface area contributed by atoms with Crippen LogP contribution in [0.25, 0.3) is 10.9 Å².